The van der Waals surface area contributed by atoms with Crippen molar-refractivity contribution < 1.29 is 14.4 Å². The Bertz CT molecular complexity index is 1150. The van der Waals surface area contributed by atoms with E-state index in [0.717, 1.165) is 43.2 Å². The van der Waals surface area contributed by atoms with Gasteiger partial charge >= 0.3 is 0 Å². The average molecular weight is 484 g/mol. The number of para-hydroxylation sites is 1. The van der Waals surface area contributed by atoms with Crippen LogP contribution in [0.15, 0.2) is 64.1 Å². The third-order valence-electron chi connectivity index (χ3n) is 4.73. The van der Waals surface area contributed by atoms with Crippen molar-refractivity contribution in [2.45, 2.75) is 6.42 Å². The van der Waals surface area contributed by atoms with E-state index in [1.54, 1.807) is 6.08 Å². The quantitative estimate of drug-likeness (QED) is 0.511. The number of thioether (sulfide) groups is 1. The predicted octanol–water partition coefficient (Wildman–Crippen LogP) is 4.33. The van der Waals surface area contributed by atoms with Crippen LogP contribution < -0.4 is 5.32 Å². The molecule has 2 heterocycles. The lowest BCUT2D eigenvalue weighted by atomic mass is 10.1. The lowest BCUT2D eigenvalue weighted by Gasteiger charge is -2.12. The fourth-order valence-electron chi connectivity index (χ4n) is 3.22. The zero-order valence-corrected chi connectivity index (χ0v) is 18.3. The third-order valence-corrected chi connectivity index (χ3v) is 6.17. The molecule has 0 bridgehead atoms. The van der Waals surface area contributed by atoms with Crippen LogP contribution in [-0.4, -0.2) is 40.0 Å². The highest BCUT2D eigenvalue weighted by Gasteiger charge is 2.36. The molecule has 0 radical (unpaired) electrons. The number of carbonyl (C=O) groups excluding carboxylic acids is 3. The highest BCUT2D eigenvalue weighted by Crippen LogP contribution is 2.32. The standard InChI is InChI=1S/C22H18BrN3O3S/c23-16-7-5-14(6-8-16)11-19-21(28)26(22(29)30-19)13-20(27)24-10-9-15-12-25-18-4-2-1-3-17(15)18/h1-8,11-12,25H,9-10,13H2,(H,24,27)/b19-11-. The van der Waals surface area contributed by atoms with E-state index in [9.17, 15) is 14.4 Å². The van der Waals surface area contributed by atoms with Crippen molar-refractivity contribution in [3.63, 3.8) is 0 Å². The molecule has 0 spiro atoms. The van der Waals surface area contributed by atoms with Crippen molar-refractivity contribution in [1.82, 2.24) is 15.2 Å². The van der Waals surface area contributed by atoms with Crippen molar-refractivity contribution in [3.05, 3.63) is 75.2 Å². The maximum Gasteiger partial charge on any atom is 0.294 e. The van der Waals surface area contributed by atoms with Crippen LogP contribution in [0.3, 0.4) is 0 Å². The summed E-state index contributed by atoms with van der Waals surface area (Å²) >= 11 is 4.21. The van der Waals surface area contributed by atoms with Gasteiger partial charge in [0.2, 0.25) is 5.91 Å². The average Bonchev–Trinajstić information content (AvgIpc) is 3.26. The molecule has 3 amide bonds. The SMILES string of the molecule is O=C(CN1C(=O)S/C(=C\c2ccc(Br)cc2)C1=O)NCCc1c[nH]c2ccccc12. The summed E-state index contributed by atoms with van der Waals surface area (Å²) in [6.45, 7) is 0.141. The van der Waals surface area contributed by atoms with Gasteiger partial charge in [-0.15, -0.1) is 0 Å². The first-order chi connectivity index (χ1) is 14.5. The Morgan fingerprint density at radius 1 is 1.13 bits per heavy atom. The van der Waals surface area contributed by atoms with E-state index < -0.39 is 11.1 Å². The van der Waals surface area contributed by atoms with Crippen LogP contribution in [-0.2, 0) is 16.0 Å². The number of fused-ring (bicyclic) bond motifs is 1. The molecule has 30 heavy (non-hydrogen) atoms. The molecule has 1 fully saturated rings. The Hall–Kier alpha value is -2.84. The molecule has 1 aliphatic heterocycles. The molecule has 4 rings (SSSR count). The maximum absolute atomic E-state index is 12.6. The summed E-state index contributed by atoms with van der Waals surface area (Å²) in [5.41, 5.74) is 2.97. The molecule has 2 N–H and O–H groups in total. The first-order valence-electron chi connectivity index (χ1n) is 9.34. The van der Waals surface area contributed by atoms with Crippen LogP contribution >= 0.6 is 27.7 Å². The Balaban J connectivity index is 1.33. The number of H-pyrrole nitrogens is 1. The first-order valence-corrected chi connectivity index (χ1v) is 10.9. The van der Waals surface area contributed by atoms with Crippen molar-refractivity contribution in [3.8, 4) is 0 Å². The van der Waals surface area contributed by atoms with Gasteiger partial charge in [-0.3, -0.25) is 19.3 Å². The van der Waals surface area contributed by atoms with Crippen molar-refractivity contribution >= 4 is 61.7 Å². The van der Waals surface area contributed by atoms with E-state index in [2.05, 4.69) is 26.2 Å². The Labute approximate surface area is 185 Å². The number of hydrogen-bond donors (Lipinski definition) is 2. The summed E-state index contributed by atoms with van der Waals surface area (Å²) in [4.78, 5) is 41.6. The molecule has 1 aromatic heterocycles. The molecule has 0 aliphatic carbocycles. The number of amides is 3. The summed E-state index contributed by atoms with van der Waals surface area (Å²) in [5.74, 6) is -0.804. The lowest BCUT2D eigenvalue weighted by molar-refractivity contribution is -0.129. The van der Waals surface area contributed by atoms with Crippen molar-refractivity contribution in [2.75, 3.05) is 13.1 Å². The van der Waals surface area contributed by atoms with Crippen molar-refractivity contribution in [1.29, 1.82) is 0 Å². The van der Waals surface area contributed by atoms with Crippen LogP contribution in [0.1, 0.15) is 11.1 Å². The monoisotopic (exact) mass is 483 g/mol. The number of aromatic amines is 1. The molecule has 0 unspecified atom stereocenters. The number of aromatic nitrogens is 1. The van der Waals surface area contributed by atoms with Gasteiger partial charge in [0.05, 0.1) is 4.91 Å². The maximum atomic E-state index is 12.6. The summed E-state index contributed by atoms with van der Waals surface area (Å²) in [5, 5.41) is 3.48. The molecule has 3 aromatic rings. The second-order valence-corrected chi connectivity index (χ2v) is 8.69. The van der Waals surface area contributed by atoms with Gasteiger partial charge in [0, 0.05) is 28.1 Å². The molecule has 0 saturated carbocycles. The van der Waals surface area contributed by atoms with Crippen LogP contribution in [0.25, 0.3) is 17.0 Å². The van der Waals surface area contributed by atoms with Gasteiger partial charge in [-0.05, 0) is 53.6 Å². The lowest BCUT2D eigenvalue weighted by Crippen LogP contribution is -2.40. The summed E-state index contributed by atoms with van der Waals surface area (Å²) in [6.07, 6.45) is 4.24. The van der Waals surface area contributed by atoms with E-state index in [1.807, 2.05) is 54.7 Å². The molecule has 6 nitrogen and oxygen atoms in total. The van der Waals surface area contributed by atoms with Gasteiger partial charge in [-0.25, -0.2) is 0 Å². The predicted molar refractivity (Wildman–Crippen MR) is 122 cm³/mol. The Morgan fingerprint density at radius 3 is 2.70 bits per heavy atom. The van der Waals surface area contributed by atoms with Crippen LogP contribution in [0.5, 0.6) is 0 Å². The molecule has 2 aromatic carbocycles. The molecular weight excluding hydrogens is 466 g/mol. The first kappa shape index (κ1) is 20.4. The number of nitrogens with one attached hydrogen (secondary N) is 2. The Morgan fingerprint density at radius 2 is 1.90 bits per heavy atom. The van der Waals surface area contributed by atoms with E-state index >= 15 is 0 Å². The largest absolute Gasteiger partial charge is 0.361 e. The minimum Gasteiger partial charge on any atom is -0.361 e. The molecule has 8 heteroatoms. The summed E-state index contributed by atoms with van der Waals surface area (Å²) in [7, 11) is 0. The number of carbonyl (C=O) groups is 3. The van der Waals surface area contributed by atoms with E-state index in [0.29, 0.717) is 17.9 Å². The molecule has 0 atom stereocenters. The minimum atomic E-state index is -0.445. The number of imide groups is 1. The molecule has 1 aliphatic rings. The second kappa shape index (κ2) is 8.89. The normalized spacial score (nSPS) is 15.4. The van der Waals surface area contributed by atoms with Gasteiger partial charge in [0.1, 0.15) is 6.54 Å². The molecular formula is C22H18BrN3O3S. The van der Waals surface area contributed by atoms with Gasteiger partial charge in [0.25, 0.3) is 11.1 Å². The zero-order chi connectivity index (χ0) is 21.1. The Kier molecular flexibility index (Phi) is 6.06. The molecule has 1 saturated heterocycles. The highest BCUT2D eigenvalue weighted by atomic mass is 79.9. The van der Waals surface area contributed by atoms with Gasteiger partial charge < -0.3 is 10.3 Å². The van der Waals surface area contributed by atoms with E-state index in [1.165, 1.54) is 0 Å². The fourth-order valence-corrected chi connectivity index (χ4v) is 4.32. The topological polar surface area (TPSA) is 82.3 Å². The van der Waals surface area contributed by atoms with Crippen LogP contribution in [0, 0.1) is 0 Å². The minimum absolute atomic E-state index is 0.282. The van der Waals surface area contributed by atoms with Crippen molar-refractivity contribution in [2.24, 2.45) is 0 Å². The fraction of sp³-hybridized carbons (Fsp3) is 0.136. The van der Waals surface area contributed by atoms with Gasteiger partial charge in [0.15, 0.2) is 0 Å². The van der Waals surface area contributed by atoms with Crippen LogP contribution in [0.2, 0.25) is 0 Å². The number of benzene rings is 2. The van der Waals surface area contributed by atoms with Crippen LogP contribution in [0.4, 0.5) is 4.79 Å². The number of nitrogens with zero attached hydrogens (tertiary/aromatic N) is 1. The summed E-state index contributed by atoms with van der Waals surface area (Å²) in [6, 6.07) is 15.4. The molecule has 152 valence electrons. The number of halogens is 1. The summed E-state index contributed by atoms with van der Waals surface area (Å²) < 4.78 is 0.928. The van der Waals surface area contributed by atoms with E-state index in [4.69, 9.17) is 0 Å². The van der Waals surface area contributed by atoms with Gasteiger partial charge in [-0.2, -0.15) is 0 Å². The second-order valence-electron chi connectivity index (χ2n) is 6.78. The number of hydrogen-bond acceptors (Lipinski definition) is 4. The number of rotatable bonds is 6. The zero-order valence-electron chi connectivity index (χ0n) is 15.9. The third kappa shape index (κ3) is 4.49. The highest BCUT2D eigenvalue weighted by molar-refractivity contribution is 9.10. The van der Waals surface area contributed by atoms with Gasteiger partial charge in [-0.1, -0.05) is 46.3 Å². The smallest absolute Gasteiger partial charge is 0.294 e. The van der Waals surface area contributed by atoms with E-state index in [-0.39, 0.29) is 12.5 Å².